The SMILES string of the molecule is COC(=O)[C@H](C)N(C[C@H](C)NS(=O)(=O)c1ccc(C)cc1)S(C)(=O)=O. The molecule has 10 heteroatoms. The van der Waals surface area contributed by atoms with Crippen LogP contribution in [0.5, 0.6) is 0 Å². The van der Waals surface area contributed by atoms with Gasteiger partial charge in [-0.05, 0) is 32.9 Å². The molecular formula is C15H24N2O6S2. The fourth-order valence-corrected chi connectivity index (χ4v) is 4.62. The first-order chi connectivity index (χ1) is 11.4. The van der Waals surface area contributed by atoms with Gasteiger partial charge in [0.1, 0.15) is 6.04 Å². The highest BCUT2D eigenvalue weighted by molar-refractivity contribution is 7.89. The van der Waals surface area contributed by atoms with Gasteiger partial charge in [0, 0.05) is 12.6 Å². The largest absolute Gasteiger partial charge is 0.468 e. The zero-order chi connectivity index (χ0) is 19.4. The number of nitrogens with zero attached hydrogens (tertiary/aromatic N) is 1. The molecule has 142 valence electrons. The van der Waals surface area contributed by atoms with Gasteiger partial charge in [-0.1, -0.05) is 17.7 Å². The quantitative estimate of drug-likeness (QED) is 0.645. The van der Waals surface area contributed by atoms with Gasteiger partial charge in [0.25, 0.3) is 0 Å². The van der Waals surface area contributed by atoms with Crippen LogP contribution in [0.2, 0.25) is 0 Å². The van der Waals surface area contributed by atoms with Crippen molar-refractivity contribution in [3.05, 3.63) is 29.8 Å². The third kappa shape index (κ3) is 6.07. The highest BCUT2D eigenvalue weighted by Crippen LogP contribution is 2.13. The maximum Gasteiger partial charge on any atom is 0.323 e. The number of rotatable bonds is 8. The van der Waals surface area contributed by atoms with Crippen molar-refractivity contribution in [2.24, 2.45) is 0 Å². The van der Waals surface area contributed by atoms with Gasteiger partial charge in [-0.15, -0.1) is 0 Å². The van der Waals surface area contributed by atoms with Crippen molar-refractivity contribution in [1.82, 2.24) is 9.03 Å². The molecule has 1 aromatic carbocycles. The number of carbonyl (C=O) groups is 1. The molecule has 1 N–H and O–H groups in total. The predicted octanol–water partition coefficient (Wildman–Crippen LogP) is 0.485. The second kappa shape index (κ2) is 8.26. The average molecular weight is 392 g/mol. The van der Waals surface area contributed by atoms with E-state index in [1.807, 2.05) is 6.92 Å². The normalized spacial score (nSPS) is 15.0. The molecule has 0 aliphatic heterocycles. The number of sulfonamides is 2. The Hall–Kier alpha value is -1.49. The number of nitrogens with one attached hydrogen (secondary N) is 1. The summed E-state index contributed by atoms with van der Waals surface area (Å²) in [5.41, 5.74) is 0.919. The van der Waals surface area contributed by atoms with E-state index in [4.69, 9.17) is 0 Å². The standard InChI is InChI=1S/C15H24N2O6S2/c1-11-6-8-14(9-7-11)25(21,22)16-12(2)10-17(24(5,19)20)13(3)15(18)23-4/h6-9,12-13,16H,10H2,1-5H3/t12-,13-/m0/s1. The molecule has 25 heavy (non-hydrogen) atoms. The van der Waals surface area contributed by atoms with Crippen LogP contribution < -0.4 is 4.72 Å². The number of esters is 1. The van der Waals surface area contributed by atoms with E-state index in [9.17, 15) is 21.6 Å². The van der Waals surface area contributed by atoms with Gasteiger partial charge < -0.3 is 4.74 Å². The first-order valence-corrected chi connectivity index (χ1v) is 10.8. The molecule has 0 heterocycles. The number of aryl methyl sites for hydroxylation is 1. The fraction of sp³-hybridized carbons (Fsp3) is 0.533. The van der Waals surface area contributed by atoms with Crippen molar-refractivity contribution in [2.45, 2.75) is 37.8 Å². The second-order valence-electron chi connectivity index (χ2n) is 5.87. The predicted molar refractivity (Wildman–Crippen MR) is 94.0 cm³/mol. The molecular weight excluding hydrogens is 368 g/mol. The van der Waals surface area contributed by atoms with E-state index in [0.29, 0.717) is 0 Å². The average Bonchev–Trinajstić information content (AvgIpc) is 2.50. The second-order valence-corrected chi connectivity index (χ2v) is 9.52. The first-order valence-electron chi connectivity index (χ1n) is 7.52. The van der Waals surface area contributed by atoms with Crippen molar-refractivity contribution in [2.75, 3.05) is 19.9 Å². The molecule has 0 aromatic heterocycles. The van der Waals surface area contributed by atoms with E-state index >= 15 is 0 Å². The molecule has 0 radical (unpaired) electrons. The lowest BCUT2D eigenvalue weighted by atomic mass is 10.2. The molecule has 0 amide bonds. The number of hydrogen-bond donors (Lipinski definition) is 1. The molecule has 0 aliphatic rings. The van der Waals surface area contributed by atoms with E-state index in [1.165, 1.54) is 26.0 Å². The molecule has 1 aromatic rings. The molecule has 2 atom stereocenters. The molecule has 0 fully saturated rings. The Morgan fingerprint density at radius 2 is 1.68 bits per heavy atom. The van der Waals surface area contributed by atoms with Crippen molar-refractivity contribution < 1.29 is 26.4 Å². The summed E-state index contributed by atoms with van der Waals surface area (Å²) in [6.45, 7) is 4.53. The van der Waals surface area contributed by atoms with Crippen molar-refractivity contribution in [3.8, 4) is 0 Å². The van der Waals surface area contributed by atoms with Gasteiger partial charge in [-0.2, -0.15) is 4.31 Å². The summed E-state index contributed by atoms with van der Waals surface area (Å²) in [7, 11) is -6.39. The monoisotopic (exact) mass is 392 g/mol. The summed E-state index contributed by atoms with van der Waals surface area (Å²) in [6, 6.07) is 4.45. The van der Waals surface area contributed by atoms with E-state index < -0.39 is 38.1 Å². The number of benzene rings is 1. The van der Waals surface area contributed by atoms with Crippen LogP contribution in [0.3, 0.4) is 0 Å². The Balaban J connectivity index is 2.96. The van der Waals surface area contributed by atoms with Crippen LogP contribution in [-0.2, 0) is 29.6 Å². The van der Waals surface area contributed by atoms with Crippen LogP contribution in [-0.4, -0.2) is 59.1 Å². The van der Waals surface area contributed by atoms with Gasteiger partial charge in [0.2, 0.25) is 20.0 Å². The summed E-state index contributed by atoms with van der Waals surface area (Å²) in [5, 5.41) is 0. The molecule has 0 unspecified atom stereocenters. The zero-order valence-corrected chi connectivity index (χ0v) is 16.5. The van der Waals surface area contributed by atoms with Crippen LogP contribution >= 0.6 is 0 Å². The Morgan fingerprint density at radius 3 is 2.12 bits per heavy atom. The highest BCUT2D eigenvalue weighted by Gasteiger charge is 2.31. The third-order valence-corrected chi connectivity index (χ3v) is 6.46. The minimum Gasteiger partial charge on any atom is -0.468 e. The number of hydrogen-bond acceptors (Lipinski definition) is 6. The van der Waals surface area contributed by atoms with Crippen molar-refractivity contribution in [1.29, 1.82) is 0 Å². The Labute approximate surface area is 149 Å². The van der Waals surface area contributed by atoms with Crippen LogP contribution in [0.15, 0.2) is 29.2 Å². The molecule has 0 spiro atoms. The molecule has 0 aliphatic carbocycles. The minimum absolute atomic E-state index is 0.0804. The zero-order valence-electron chi connectivity index (χ0n) is 14.9. The number of carbonyl (C=O) groups excluding carboxylic acids is 1. The molecule has 0 bridgehead atoms. The number of methoxy groups -OCH3 is 1. The van der Waals surface area contributed by atoms with Crippen molar-refractivity contribution >= 4 is 26.0 Å². The Morgan fingerprint density at radius 1 is 1.16 bits per heavy atom. The Kier molecular flexibility index (Phi) is 7.12. The van der Waals surface area contributed by atoms with Crippen molar-refractivity contribution in [3.63, 3.8) is 0 Å². The van der Waals surface area contributed by atoms with Gasteiger partial charge in [0.05, 0.1) is 18.3 Å². The summed E-state index contributed by atoms with van der Waals surface area (Å²) in [4.78, 5) is 11.7. The maximum atomic E-state index is 12.4. The summed E-state index contributed by atoms with van der Waals surface area (Å²) in [6.07, 6.45) is 0.952. The number of ether oxygens (including phenoxy) is 1. The molecule has 0 saturated heterocycles. The van der Waals surface area contributed by atoms with Crippen LogP contribution in [0.1, 0.15) is 19.4 Å². The highest BCUT2D eigenvalue weighted by atomic mass is 32.2. The smallest absolute Gasteiger partial charge is 0.323 e. The summed E-state index contributed by atoms with van der Waals surface area (Å²) < 4.78 is 56.5. The van der Waals surface area contributed by atoms with E-state index in [1.54, 1.807) is 12.1 Å². The Bertz CT molecular complexity index is 803. The molecule has 1 rings (SSSR count). The van der Waals surface area contributed by atoms with Gasteiger partial charge in [-0.3, -0.25) is 4.79 Å². The topological polar surface area (TPSA) is 110 Å². The van der Waals surface area contributed by atoms with E-state index in [2.05, 4.69) is 9.46 Å². The minimum atomic E-state index is -3.81. The van der Waals surface area contributed by atoms with Crippen LogP contribution in [0.25, 0.3) is 0 Å². The van der Waals surface area contributed by atoms with Gasteiger partial charge >= 0.3 is 5.97 Å². The van der Waals surface area contributed by atoms with Gasteiger partial charge in [-0.25, -0.2) is 21.6 Å². The summed E-state index contributed by atoms with van der Waals surface area (Å²) in [5.74, 6) is -0.723. The van der Waals surface area contributed by atoms with Crippen LogP contribution in [0, 0.1) is 6.92 Å². The lowest BCUT2D eigenvalue weighted by molar-refractivity contribution is -0.144. The summed E-state index contributed by atoms with van der Waals surface area (Å²) >= 11 is 0. The van der Waals surface area contributed by atoms with E-state index in [0.717, 1.165) is 23.2 Å². The maximum absolute atomic E-state index is 12.4. The lowest BCUT2D eigenvalue weighted by Crippen LogP contribution is -2.50. The van der Waals surface area contributed by atoms with Gasteiger partial charge in [0.15, 0.2) is 0 Å². The first kappa shape index (κ1) is 21.6. The lowest BCUT2D eigenvalue weighted by Gasteiger charge is -2.27. The third-order valence-electron chi connectivity index (χ3n) is 3.54. The van der Waals surface area contributed by atoms with Crippen LogP contribution in [0.4, 0.5) is 0 Å². The van der Waals surface area contributed by atoms with E-state index in [-0.39, 0.29) is 11.4 Å². The molecule has 0 saturated carbocycles. The fourth-order valence-electron chi connectivity index (χ4n) is 2.23. The molecule has 8 nitrogen and oxygen atoms in total.